The molecular weight excluding hydrogens is 464 g/mol. The van der Waals surface area contributed by atoms with E-state index in [1.54, 1.807) is 19.1 Å². The number of nitrogens with zero attached hydrogens (tertiary/aromatic N) is 4. The number of carbonyl (C=O) groups is 1. The first-order chi connectivity index (χ1) is 18.0. The molecule has 4 heterocycles. The van der Waals surface area contributed by atoms with Gasteiger partial charge in [0, 0.05) is 40.6 Å². The number of aromatic hydroxyl groups is 1. The molecule has 1 aliphatic heterocycles. The number of ether oxygens (including phenoxy) is 1. The minimum atomic E-state index is -0.156. The second-order valence-corrected chi connectivity index (χ2v) is 9.41. The number of hydrogen-bond donors (Lipinski definition) is 1. The zero-order valence-electron chi connectivity index (χ0n) is 20.7. The maximum absolute atomic E-state index is 12.7. The molecule has 1 aliphatic rings. The highest BCUT2D eigenvalue weighted by Gasteiger charge is 2.26. The van der Waals surface area contributed by atoms with Crippen LogP contribution in [0.5, 0.6) is 11.5 Å². The summed E-state index contributed by atoms with van der Waals surface area (Å²) in [5.41, 5.74) is 7.97. The van der Waals surface area contributed by atoms with Gasteiger partial charge in [0.1, 0.15) is 17.2 Å². The summed E-state index contributed by atoms with van der Waals surface area (Å²) >= 11 is 0. The van der Waals surface area contributed by atoms with E-state index in [0.29, 0.717) is 16.9 Å². The molecule has 0 spiro atoms. The molecule has 0 fully saturated rings. The van der Waals surface area contributed by atoms with Gasteiger partial charge in [-0.25, -0.2) is 0 Å². The van der Waals surface area contributed by atoms with Gasteiger partial charge in [-0.05, 0) is 92.4 Å². The average Bonchev–Trinajstić information content (AvgIpc) is 3.50. The van der Waals surface area contributed by atoms with Gasteiger partial charge in [-0.15, -0.1) is 0 Å². The minimum absolute atomic E-state index is 0.104. The van der Waals surface area contributed by atoms with E-state index >= 15 is 0 Å². The Kier molecular flexibility index (Phi) is 5.68. The van der Waals surface area contributed by atoms with E-state index in [2.05, 4.69) is 9.67 Å². The smallest absolute Gasteiger partial charge is 0.200 e. The summed E-state index contributed by atoms with van der Waals surface area (Å²) in [7, 11) is 0. The molecule has 6 rings (SSSR count). The van der Waals surface area contributed by atoms with Crippen LogP contribution in [0.4, 0.5) is 0 Å². The molecule has 0 atom stereocenters. The zero-order chi connectivity index (χ0) is 25.5. The Morgan fingerprint density at radius 3 is 2.81 bits per heavy atom. The molecule has 7 nitrogen and oxygen atoms in total. The molecule has 0 unspecified atom stereocenters. The lowest BCUT2D eigenvalue weighted by Gasteiger charge is -2.11. The average molecular weight is 491 g/mol. The molecule has 0 aliphatic carbocycles. The maximum Gasteiger partial charge on any atom is 0.200 e. The second kappa shape index (κ2) is 9.17. The Hall–Kier alpha value is -4.52. The molecule has 3 aromatic heterocycles. The van der Waals surface area contributed by atoms with Gasteiger partial charge in [-0.3, -0.25) is 19.4 Å². The minimum Gasteiger partial charge on any atom is -0.508 e. The van der Waals surface area contributed by atoms with Crippen LogP contribution in [0.2, 0.25) is 0 Å². The van der Waals surface area contributed by atoms with Gasteiger partial charge in [0.15, 0.2) is 12.4 Å². The summed E-state index contributed by atoms with van der Waals surface area (Å²) in [6.07, 6.45) is 3.84. The monoisotopic (exact) mass is 490 g/mol. The predicted octanol–water partition coefficient (Wildman–Crippen LogP) is 5.69. The van der Waals surface area contributed by atoms with Crippen molar-refractivity contribution in [2.24, 2.45) is 0 Å². The quantitative estimate of drug-likeness (QED) is 0.308. The van der Waals surface area contributed by atoms with Crippen LogP contribution in [0, 0.1) is 13.8 Å². The second-order valence-electron chi connectivity index (χ2n) is 9.41. The van der Waals surface area contributed by atoms with Gasteiger partial charge < -0.3 is 9.84 Å². The number of fused-ring (bicyclic) bond motifs is 2. The van der Waals surface area contributed by atoms with Crippen LogP contribution < -0.4 is 4.74 Å². The topological polar surface area (TPSA) is 90.1 Å². The summed E-state index contributed by atoms with van der Waals surface area (Å²) in [5.74, 6) is 0.598. The molecular formula is C30H26N4O3. The number of rotatable bonds is 6. The van der Waals surface area contributed by atoms with Crippen molar-refractivity contribution >= 4 is 16.7 Å². The van der Waals surface area contributed by atoms with E-state index in [1.165, 1.54) is 11.8 Å². The number of phenolic OH excluding ortho intramolecular Hbond substituents is 1. The number of ketones is 1. The lowest BCUT2D eigenvalue weighted by atomic mass is 9.96. The normalized spacial score (nSPS) is 12.6. The largest absolute Gasteiger partial charge is 0.508 e. The standard InChI is InChI=1S/C30H26N4O3/c1-18-15-20(8-11-27(18)35)28(36)17-37-21-9-10-24-23(16-21)22(12-13-31-24)29-26-7-4-14-34(26)33-30(29)25-6-3-5-19(2)32-25/h3,5-6,8-13,15-16,35H,4,7,14,17H2,1-2H3. The first-order valence-corrected chi connectivity index (χ1v) is 12.4. The first-order valence-electron chi connectivity index (χ1n) is 12.4. The molecule has 5 aromatic rings. The van der Waals surface area contributed by atoms with E-state index in [1.807, 2.05) is 55.6 Å². The highest BCUT2D eigenvalue weighted by atomic mass is 16.5. The van der Waals surface area contributed by atoms with Crippen molar-refractivity contribution in [1.82, 2.24) is 19.7 Å². The van der Waals surface area contributed by atoms with Gasteiger partial charge in [-0.2, -0.15) is 5.10 Å². The Morgan fingerprint density at radius 2 is 1.97 bits per heavy atom. The van der Waals surface area contributed by atoms with Crippen LogP contribution in [0.3, 0.4) is 0 Å². The number of hydrogen-bond acceptors (Lipinski definition) is 6. The third-order valence-corrected chi connectivity index (χ3v) is 6.84. The molecule has 2 aromatic carbocycles. The maximum atomic E-state index is 12.7. The fourth-order valence-corrected chi connectivity index (χ4v) is 4.96. The summed E-state index contributed by atoms with van der Waals surface area (Å²) in [6.45, 7) is 4.54. The number of aromatic nitrogens is 4. The van der Waals surface area contributed by atoms with Crippen molar-refractivity contribution in [1.29, 1.82) is 0 Å². The molecule has 37 heavy (non-hydrogen) atoms. The van der Waals surface area contributed by atoms with Crippen molar-refractivity contribution in [3.05, 3.63) is 89.4 Å². The van der Waals surface area contributed by atoms with Crippen LogP contribution in [0.25, 0.3) is 33.4 Å². The lowest BCUT2D eigenvalue weighted by molar-refractivity contribution is 0.0921. The molecule has 1 N–H and O–H groups in total. The highest BCUT2D eigenvalue weighted by Crippen LogP contribution is 2.40. The molecule has 0 amide bonds. The molecule has 0 bridgehead atoms. The number of aryl methyl sites for hydroxylation is 3. The van der Waals surface area contributed by atoms with Crippen LogP contribution in [-0.4, -0.2) is 37.2 Å². The Balaban J connectivity index is 1.39. The molecule has 0 saturated heterocycles. The van der Waals surface area contributed by atoms with E-state index < -0.39 is 0 Å². The van der Waals surface area contributed by atoms with Crippen molar-refractivity contribution in [2.75, 3.05) is 6.61 Å². The van der Waals surface area contributed by atoms with Gasteiger partial charge in [0.05, 0.1) is 11.2 Å². The summed E-state index contributed by atoms with van der Waals surface area (Å²) in [5, 5.41) is 15.6. The highest BCUT2D eigenvalue weighted by molar-refractivity contribution is 6.00. The van der Waals surface area contributed by atoms with Gasteiger partial charge in [0.2, 0.25) is 0 Å². The number of pyridine rings is 2. The van der Waals surface area contributed by atoms with Crippen LogP contribution in [-0.2, 0) is 13.0 Å². The van der Waals surface area contributed by atoms with E-state index in [0.717, 1.165) is 58.5 Å². The first kappa shape index (κ1) is 22.9. The Morgan fingerprint density at radius 1 is 1.08 bits per heavy atom. The zero-order valence-corrected chi connectivity index (χ0v) is 20.7. The van der Waals surface area contributed by atoms with Crippen LogP contribution >= 0.6 is 0 Å². The molecule has 184 valence electrons. The fourth-order valence-electron chi connectivity index (χ4n) is 4.96. The summed E-state index contributed by atoms with van der Waals surface area (Å²) in [6, 6.07) is 18.5. The summed E-state index contributed by atoms with van der Waals surface area (Å²) in [4.78, 5) is 22.1. The SMILES string of the molecule is Cc1cccc(-c2nn3c(c2-c2ccnc4ccc(OCC(=O)c5ccc(O)c(C)c5)cc24)CCC3)n1. The number of carbonyl (C=O) groups excluding carboxylic acids is 1. The van der Waals surface area contributed by atoms with Crippen LogP contribution in [0.15, 0.2) is 66.9 Å². The molecule has 7 heteroatoms. The molecule has 0 saturated carbocycles. The van der Waals surface area contributed by atoms with Gasteiger partial charge in [-0.1, -0.05) is 6.07 Å². The third-order valence-electron chi connectivity index (χ3n) is 6.84. The number of benzene rings is 2. The summed E-state index contributed by atoms with van der Waals surface area (Å²) < 4.78 is 8.02. The van der Waals surface area contributed by atoms with Crippen molar-refractivity contribution in [2.45, 2.75) is 33.2 Å². The fraction of sp³-hybridized carbons (Fsp3) is 0.200. The van der Waals surface area contributed by atoms with Gasteiger partial charge in [0.25, 0.3) is 0 Å². The van der Waals surface area contributed by atoms with E-state index in [9.17, 15) is 9.90 Å². The number of phenols is 1. The third kappa shape index (κ3) is 4.22. The van der Waals surface area contributed by atoms with Crippen molar-refractivity contribution in [3.8, 4) is 34.0 Å². The number of Topliss-reactive ketones (excluding diaryl/α,β-unsaturated/α-hetero) is 1. The van der Waals surface area contributed by atoms with E-state index in [-0.39, 0.29) is 18.1 Å². The molecule has 0 radical (unpaired) electrons. The van der Waals surface area contributed by atoms with Gasteiger partial charge >= 0.3 is 0 Å². The van der Waals surface area contributed by atoms with E-state index in [4.69, 9.17) is 14.8 Å². The van der Waals surface area contributed by atoms with Crippen molar-refractivity contribution < 1.29 is 14.6 Å². The van der Waals surface area contributed by atoms with Crippen LogP contribution in [0.1, 0.15) is 33.7 Å². The Bertz CT molecular complexity index is 1670. The Labute approximate surface area is 214 Å². The predicted molar refractivity (Wildman–Crippen MR) is 142 cm³/mol. The lowest BCUT2D eigenvalue weighted by Crippen LogP contribution is -2.11. The van der Waals surface area contributed by atoms with Crippen molar-refractivity contribution in [3.63, 3.8) is 0 Å².